The van der Waals surface area contributed by atoms with Gasteiger partial charge in [-0.15, -0.1) is 0 Å². The summed E-state index contributed by atoms with van der Waals surface area (Å²) < 4.78 is 5.49. The fraction of sp³-hybridized carbons (Fsp3) is 0.571. The molecule has 1 aliphatic carbocycles. The van der Waals surface area contributed by atoms with Gasteiger partial charge in [-0.2, -0.15) is 0 Å². The van der Waals surface area contributed by atoms with Gasteiger partial charge in [0, 0.05) is 0 Å². The van der Waals surface area contributed by atoms with E-state index in [1.165, 1.54) is 0 Å². The van der Waals surface area contributed by atoms with E-state index in [0.29, 0.717) is 17.0 Å². The summed E-state index contributed by atoms with van der Waals surface area (Å²) in [6, 6.07) is 4.98. The van der Waals surface area contributed by atoms with Gasteiger partial charge in [0.25, 0.3) is 0 Å². The number of hydrogen-bond acceptors (Lipinski definition) is 3. The summed E-state index contributed by atoms with van der Waals surface area (Å²) in [4.78, 5) is 15.9. The zero-order valence-corrected chi connectivity index (χ0v) is 11.5. The predicted octanol–water partition coefficient (Wildman–Crippen LogP) is 3.72. The number of rotatable bonds is 2. The van der Waals surface area contributed by atoms with Gasteiger partial charge in [-0.3, -0.25) is 0 Å². The van der Waals surface area contributed by atoms with Gasteiger partial charge in [0.1, 0.15) is 17.0 Å². The van der Waals surface area contributed by atoms with Gasteiger partial charge in [0.2, 0.25) is 0 Å². The summed E-state index contributed by atoms with van der Waals surface area (Å²) >= 11 is 5.76. The van der Waals surface area contributed by atoms with Gasteiger partial charge in [-0.25, -0.2) is 9.78 Å². The molecule has 0 aromatic carbocycles. The molecular weight excluding hydrogens is 250 g/mol. The second-order valence-corrected chi connectivity index (χ2v) is 5.53. The van der Waals surface area contributed by atoms with Crippen molar-refractivity contribution in [3.63, 3.8) is 0 Å². The Bertz CT molecular complexity index is 436. The zero-order valence-electron chi connectivity index (χ0n) is 10.7. The molecule has 0 amide bonds. The molecule has 3 unspecified atom stereocenters. The van der Waals surface area contributed by atoms with E-state index in [9.17, 15) is 4.79 Å². The number of carbonyl (C=O) groups is 1. The van der Waals surface area contributed by atoms with Crippen LogP contribution in [0.1, 0.15) is 43.6 Å². The minimum Gasteiger partial charge on any atom is -0.458 e. The SMILES string of the molecule is CC1CCC(OC(=O)c2cccc(Cl)n2)CC1C. The van der Waals surface area contributed by atoms with E-state index in [1.54, 1.807) is 18.2 Å². The Morgan fingerprint density at radius 3 is 2.78 bits per heavy atom. The Morgan fingerprint density at radius 1 is 1.33 bits per heavy atom. The van der Waals surface area contributed by atoms with Gasteiger partial charge in [-0.05, 0) is 43.2 Å². The number of pyridine rings is 1. The molecule has 18 heavy (non-hydrogen) atoms. The number of nitrogens with zero attached hydrogens (tertiary/aromatic N) is 1. The molecule has 1 fully saturated rings. The smallest absolute Gasteiger partial charge is 0.357 e. The Kier molecular flexibility index (Phi) is 4.23. The lowest BCUT2D eigenvalue weighted by Gasteiger charge is -2.31. The lowest BCUT2D eigenvalue weighted by atomic mass is 9.80. The van der Waals surface area contributed by atoms with Crippen LogP contribution in [-0.4, -0.2) is 17.1 Å². The Morgan fingerprint density at radius 2 is 2.11 bits per heavy atom. The van der Waals surface area contributed by atoms with Crippen molar-refractivity contribution in [3.8, 4) is 0 Å². The highest BCUT2D eigenvalue weighted by molar-refractivity contribution is 6.29. The van der Waals surface area contributed by atoms with Gasteiger partial charge in [0.05, 0.1) is 0 Å². The van der Waals surface area contributed by atoms with Crippen LogP contribution >= 0.6 is 11.6 Å². The summed E-state index contributed by atoms with van der Waals surface area (Å²) in [5.74, 6) is 0.942. The summed E-state index contributed by atoms with van der Waals surface area (Å²) in [7, 11) is 0. The first-order valence-electron chi connectivity index (χ1n) is 6.40. The minimum atomic E-state index is -0.371. The van der Waals surface area contributed by atoms with Crippen molar-refractivity contribution in [1.82, 2.24) is 4.98 Å². The van der Waals surface area contributed by atoms with E-state index in [-0.39, 0.29) is 17.8 Å². The van der Waals surface area contributed by atoms with Crippen LogP contribution in [0.25, 0.3) is 0 Å². The summed E-state index contributed by atoms with van der Waals surface area (Å²) in [5, 5.41) is 0.315. The molecule has 1 aromatic rings. The number of hydrogen-bond donors (Lipinski definition) is 0. The van der Waals surface area contributed by atoms with E-state index in [1.807, 2.05) is 0 Å². The topological polar surface area (TPSA) is 39.2 Å². The minimum absolute atomic E-state index is 0.0180. The van der Waals surface area contributed by atoms with E-state index in [4.69, 9.17) is 16.3 Å². The van der Waals surface area contributed by atoms with E-state index in [2.05, 4.69) is 18.8 Å². The zero-order chi connectivity index (χ0) is 13.1. The summed E-state index contributed by atoms with van der Waals surface area (Å²) in [6.07, 6.45) is 3.01. The molecule has 0 aliphatic heterocycles. The predicted molar refractivity (Wildman–Crippen MR) is 70.6 cm³/mol. The second-order valence-electron chi connectivity index (χ2n) is 5.14. The molecule has 0 spiro atoms. The van der Waals surface area contributed by atoms with Crippen LogP contribution in [0.3, 0.4) is 0 Å². The first-order chi connectivity index (χ1) is 8.56. The molecule has 3 nitrogen and oxygen atoms in total. The van der Waals surface area contributed by atoms with Crippen LogP contribution in [0, 0.1) is 11.8 Å². The van der Waals surface area contributed by atoms with Gasteiger partial charge < -0.3 is 4.74 Å². The molecular formula is C14H18ClNO2. The van der Waals surface area contributed by atoms with E-state index < -0.39 is 0 Å². The lowest BCUT2D eigenvalue weighted by molar-refractivity contribution is 0.00818. The largest absolute Gasteiger partial charge is 0.458 e. The molecule has 4 heteroatoms. The molecule has 1 saturated carbocycles. The number of halogens is 1. The molecule has 0 bridgehead atoms. The van der Waals surface area contributed by atoms with Gasteiger partial charge in [-0.1, -0.05) is 31.5 Å². The van der Waals surface area contributed by atoms with Crippen LogP contribution < -0.4 is 0 Å². The molecule has 1 heterocycles. The molecule has 1 aromatic heterocycles. The molecule has 98 valence electrons. The summed E-state index contributed by atoms with van der Waals surface area (Å²) in [5.41, 5.74) is 0.286. The molecule has 0 radical (unpaired) electrons. The first-order valence-corrected chi connectivity index (χ1v) is 6.77. The fourth-order valence-corrected chi connectivity index (χ4v) is 2.50. The van der Waals surface area contributed by atoms with Crippen molar-refractivity contribution in [1.29, 1.82) is 0 Å². The normalized spacial score (nSPS) is 27.8. The Labute approximate surface area is 113 Å². The van der Waals surface area contributed by atoms with E-state index in [0.717, 1.165) is 19.3 Å². The third-order valence-electron chi connectivity index (χ3n) is 3.75. The quantitative estimate of drug-likeness (QED) is 0.606. The highest BCUT2D eigenvalue weighted by Crippen LogP contribution is 2.31. The third kappa shape index (κ3) is 3.22. The monoisotopic (exact) mass is 267 g/mol. The van der Waals surface area contributed by atoms with Crippen molar-refractivity contribution < 1.29 is 9.53 Å². The van der Waals surface area contributed by atoms with Crippen molar-refractivity contribution in [2.24, 2.45) is 11.8 Å². The van der Waals surface area contributed by atoms with Crippen molar-refractivity contribution in [2.45, 2.75) is 39.2 Å². The van der Waals surface area contributed by atoms with Crippen molar-refractivity contribution >= 4 is 17.6 Å². The number of aromatic nitrogens is 1. The van der Waals surface area contributed by atoms with Crippen LogP contribution in [0.4, 0.5) is 0 Å². The molecule has 0 N–H and O–H groups in total. The highest BCUT2D eigenvalue weighted by atomic mass is 35.5. The maximum Gasteiger partial charge on any atom is 0.357 e. The average Bonchev–Trinajstić information content (AvgIpc) is 2.34. The molecule has 3 atom stereocenters. The number of carbonyl (C=O) groups excluding carboxylic acids is 1. The Hall–Kier alpha value is -1.09. The molecule has 0 saturated heterocycles. The van der Waals surface area contributed by atoms with Crippen LogP contribution in [0.5, 0.6) is 0 Å². The van der Waals surface area contributed by atoms with Crippen molar-refractivity contribution in [3.05, 3.63) is 29.0 Å². The van der Waals surface area contributed by atoms with Crippen molar-refractivity contribution in [2.75, 3.05) is 0 Å². The van der Waals surface area contributed by atoms with Crippen LogP contribution in [0.2, 0.25) is 5.15 Å². The van der Waals surface area contributed by atoms with E-state index >= 15 is 0 Å². The lowest BCUT2D eigenvalue weighted by Crippen LogP contribution is -2.29. The first kappa shape index (κ1) is 13.3. The number of esters is 1. The van der Waals surface area contributed by atoms with Gasteiger partial charge in [0.15, 0.2) is 0 Å². The van der Waals surface area contributed by atoms with Crippen LogP contribution in [-0.2, 0) is 4.74 Å². The standard InChI is InChI=1S/C14H18ClNO2/c1-9-6-7-11(8-10(9)2)18-14(17)12-4-3-5-13(15)16-12/h3-5,9-11H,6-8H2,1-2H3. The second kappa shape index (κ2) is 5.70. The van der Waals surface area contributed by atoms with Gasteiger partial charge >= 0.3 is 5.97 Å². The average molecular weight is 268 g/mol. The highest BCUT2D eigenvalue weighted by Gasteiger charge is 2.27. The number of ether oxygens (including phenoxy) is 1. The Balaban J connectivity index is 1.96. The maximum absolute atomic E-state index is 11.9. The maximum atomic E-state index is 11.9. The fourth-order valence-electron chi connectivity index (χ4n) is 2.34. The molecule has 2 rings (SSSR count). The molecule has 1 aliphatic rings. The summed E-state index contributed by atoms with van der Waals surface area (Å²) in [6.45, 7) is 4.46. The third-order valence-corrected chi connectivity index (χ3v) is 3.96. The van der Waals surface area contributed by atoms with Crippen LogP contribution in [0.15, 0.2) is 18.2 Å².